The maximum Gasteiger partial charge on any atom is 0.181 e. The summed E-state index contributed by atoms with van der Waals surface area (Å²) >= 11 is 5.61. The first-order valence-electron chi connectivity index (χ1n) is 5.75. The van der Waals surface area contributed by atoms with Crippen LogP contribution in [0.5, 0.6) is 0 Å². The molecule has 0 amide bonds. The van der Waals surface area contributed by atoms with Gasteiger partial charge in [-0.05, 0) is 64.2 Å². The van der Waals surface area contributed by atoms with Crippen LogP contribution in [0, 0.1) is 0 Å². The number of fused-ring (bicyclic) bond motifs is 4. The van der Waals surface area contributed by atoms with Crippen LogP contribution in [-0.2, 0) is 0 Å². The molecule has 16 heavy (non-hydrogen) atoms. The van der Waals surface area contributed by atoms with Crippen LogP contribution in [0.1, 0.15) is 27.7 Å². The number of anilines is 2. The average Bonchev–Trinajstić information content (AvgIpc) is 2.41. The molecule has 2 nitrogen and oxygen atoms in total. The van der Waals surface area contributed by atoms with Crippen molar-refractivity contribution < 1.29 is 0 Å². The molecule has 2 bridgehead atoms. The van der Waals surface area contributed by atoms with Crippen molar-refractivity contribution >= 4 is 28.7 Å². The van der Waals surface area contributed by atoms with Gasteiger partial charge < -0.3 is 9.80 Å². The Bertz CT molecular complexity index is 358. The quantitative estimate of drug-likeness (QED) is 0.724. The smallest absolute Gasteiger partial charge is 0.181 e. The lowest BCUT2D eigenvalue weighted by molar-refractivity contribution is 0.767. The third-order valence-electron chi connectivity index (χ3n) is 2.85. The zero-order valence-electron chi connectivity index (χ0n) is 10.3. The number of hydrogen-bond acceptors (Lipinski definition) is 1. The largest absolute Gasteiger partial charge is 0.316 e. The molecule has 0 N–H and O–H groups in total. The van der Waals surface area contributed by atoms with Crippen LogP contribution < -0.4 is 9.80 Å². The first-order chi connectivity index (χ1) is 7.52. The molecular weight excluding hydrogens is 216 g/mol. The summed E-state index contributed by atoms with van der Waals surface area (Å²) in [6.45, 7) is 8.68. The van der Waals surface area contributed by atoms with E-state index in [0.29, 0.717) is 12.1 Å². The molecule has 2 heterocycles. The Balaban J connectivity index is 2.51. The molecule has 0 aromatic heterocycles. The minimum atomic E-state index is 0.385. The van der Waals surface area contributed by atoms with E-state index in [0.717, 1.165) is 5.11 Å². The maximum absolute atomic E-state index is 5.61. The second kappa shape index (κ2) is 4.06. The molecule has 1 aromatic rings. The van der Waals surface area contributed by atoms with E-state index in [9.17, 15) is 0 Å². The molecule has 0 aliphatic carbocycles. The van der Waals surface area contributed by atoms with Gasteiger partial charge in [-0.3, -0.25) is 0 Å². The van der Waals surface area contributed by atoms with Crippen molar-refractivity contribution in [3.05, 3.63) is 24.3 Å². The van der Waals surface area contributed by atoms with Crippen molar-refractivity contribution in [1.29, 1.82) is 0 Å². The van der Waals surface area contributed by atoms with E-state index in [1.165, 1.54) is 11.4 Å². The monoisotopic (exact) mass is 234 g/mol. The van der Waals surface area contributed by atoms with Gasteiger partial charge >= 0.3 is 0 Å². The van der Waals surface area contributed by atoms with E-state index in [2.05, 4.69) is 61.8 Å². The van der Waals surface area contributed by atoms with Crippen LogP contribution in [0.15, 0.2) is 24.3 Å². The van der Waals surface area contributed by atoms with Crippen molar-refractivity contribution in [2.24, 2.45) is 0 Å². The first-order valence-corrected chi connectivity index (χ1v) is 6.15. The molecular formula is C13H18N2S. The summed E-state index contributed by atoms with van der Waals surface area (Å²) in [6, 6.07) is 9.34. The summed E-state index contributed by atoms with van der Waals surface area (Å²) < 4.78 is 0. The fourth-order valence-electron chi connectivity index (χ4n) is 2.15. The summed E-state index contributed by atoms with van der Waals surface area (Å²) in [5, 5.41) is 0.907. The Labute approximate surface area is 103 Å². The average molecular weight is 234 g/mol. The highest BCUT2D eigenvalue weighted by Gasteiger charge is 2.27. The van der Waals surface area contributed by atoms with Gasteiger partial charge in [0, 0.05) is 23.5 Å². The Morgan fingerprint density at radius 2 is 1.12 bits per heavy atom. The number of thiocarbonyl (C=S) groups is 1. The molecule has 0 unspecified atom stereocenters. The fraction of sp³-hybridized carbons (Fsp3) is 0.462. The van der Waals surface area contributed by atoms with Crippen molar-refractivity contribution in [1.82, 2.24) is 0 Å². The van der Waals surface area contributed by atoms with Gasteiger partial charge in [0.15, 0.2) is 5.11 Å². The Morgan fingerprint density at radius 1 is 0.812 bits per heavy atom. The van der Waals surface area contributed by atoms with Gasteiger partial charge in [0.1, 0.15) is 0 Å². The zero-order valence-corrected chi connectivity index (χ0v) is 11.1. The predicted octanol–water partition coefficient (Wildman–Crippen LogP) is 3.41. The highest BCUT2D eigenvalue weighted by molar-refractivity contribution is 7.80. The van der Waals surface area contributed by atoms with Crippen LogP contribution in [0.25, 0.3) is 0 Å². The van der Waals surface area contributed by atoms with Crippen molar-refractivity contribution in [2.45, 2.75) is 39.8 Å². The van der Waals surface area contributed by atoms with Gasteiger partial charge in [-0.25, -0.2) is 0 Å². The van der Waals surface area contributed by atoms with E-state index in [-0.39, 0.29) is 0 Å². The summed E-state index contributed by atoms with van der Waals surface area (Å²) in [6.07, 6.45) is 0. The van der Waals surface area contributed by atoms with Crippen LogP contribution in [0.2, 0.25) is 0 Å². The number of hydrogen-bond donors (Lipinski definition) is 0. The molecule has 0 atom stereocenters. The van der Waals surface area contributed by atoms with Gasteiger partial charge in [0.05, 0.1) is 0 Å². The molecule has 0 radical (unpaired) electrons. The van der Waals surface area contributed by atoms with Crippen molar-refractivity contribution in [3.63, 3.8) is 0 Å². The Morgan fingerprint density at radius 3 is 1.38 bits per heavy atom. The van der Waals surface area contributed by atoms with Crippen molar-refractivity contribution in [3.8, 4) is 0 Å². The molecule has 0 saturated carbocycles. The number of rotatable bonds is 2. The number of benzene rings is 1. The zero-order chi connectivity index (χ0) is 11.9. The highest BCUT2D eigenvalue weighted by atomic mass is 32.1. The molecule has 2 aliphatic rings. The molecule has 0 fully saturated rings. The normalized spacial score (nSPS) is 15.2. The van der Waals surface area contributed by atoms with Crippen LogP contribution in [0.4, 0.5) is 11.4 Å². The van der Waals surface area contributed by atoms with Gasteiger partial charge in [0.25, 0.3) is 0 Å². The summed E-state index contributed by atoms with van der Waals surface area (Å²) in [7, 11) is 0. The minimum absolute atomic E-state index is 0.385. The molecule has 0 spiro atoms. The van der Waals surface area contributed by atoms with Gasteiger partial charge in [-0.2, -0.15) is 0 Å². The molecule has 3 heteroatoms. The lowest BCUT2D eigenvalue weighted by Crippen LogP contribution is -2.48. The van der Waals surface area contributed by atoms with Gasteiger partial charge in [-0.1, -0.05) is 0 Å². The number of nitrogens with zero attached hydrogens (tertiary/aromatic N) is 2. The second-order valence-corrected chi connectivity index (χ2v) is 5.09. The molecule has 2 aliphatic heterocycles. The molecule has 3 rings (SSSR count). The lowest BCUT2D eigenvalue weighted by Gasteiger charge is -2.35. The molecule has 1 aromatic carbocycles. The van der Waals surface area contributed by atoms with E-state index in [4.69, 9.17) is 12.2 Å². The molecule has 86 valence electrons. The second-order valence-electron chi connectivity index (χ2n) is 4.73. The summed E-state index contributed by atoms with van der Waals surface area (Å²) in [4.78, 5) is 4.42. The maximum atomic E-state index is 5.61. The van der Waals surface area contributed by atoms with E-state index in [1.807, 2.05) is 0 Å². The lowest BCUT2D eigenvalue weighted by atomic mass is 10.2. The van der Waals surface area contributed by atoms with E-state index >= 15 is 0 Å². The topological polar surface area (TPSA) is 6.48 Å². The SMILES string of the molecule is CC(C)N1C(=S)N(C(C)C)c2ccc1cc2. The fourth-order valence-corrected chi connectivity index (χ4v) is 2.78. The van der Waals surface area contributed by atoms with Crippen LogP contribution in [0.3, 0.4) is 0 Å². The predicted molar refractivity (Wildman–Crippen MR) is 74.3 cm³/mol. The molecule has 0 saturated heterocycles. The van der Waals surface area contributed by atoms with Gasteiger partial charge in [0.2, 0.25) is 0 Å². The van der Waals surface area contributed by atoms with E-state index < -0.39 is 0 Å². The van der Waals surface area contributed by atoms with Crippen molar-refractivity contribution in [2.75, 3.05) is 9.80 Å². The van der Waals surface area contributed by atoms with Crippen LogP contribution >= 0.6 is 12.2 Å². The summed E-state index contributed by atoms with van der Waals surface area (Å²) in [5.74, 6) is 0. The van der Waals surface area contributed by atoms with E-state index in [1.54, 1.807) is 0 Å². The highest BCUT2D eigenvalue weighted by Crippen LogP contribution is 2.30. The Hall–Kier alpha value is -1.09. The standard InChI is InChI=1S/C13H18N2S/c1-9(2)14-11-5-7-12(8-6-11)15(10(3)4)13(14)16/h5-10H,1-4H3. The third kappa shape index (κ3) is 1.69. The minimum Gasteiger partial charge on any atom is -0.316 e. The Kier molecular flexibility index (Phi) is 2.89. The summed E-state index contributed by atoms with van der Waals surface area (Å²) in [5.41, 5.74) is 2.37. The van der Waals surface area contributed by atoms with Gasteiger partial charge in [-0.15, -0.1) is 0 Å². The third-order valence-corrected chi connectivity index (χ3v) is 3.24. The van der Waals surface area contributed by atoms with Crippen LogP contribution in [-0.4, -0.2) is 17.2 Å². The first kappa shape index (κ1) is 11.4.